The third-order valence-electron chi connectivity index (χ3n) is 9.86. The van der Waals surface area contributed by atoms with Crippen LogP contribution in [-0.2, 0) is 32.7 Å². The standard InChI is InChI=1S/C48H88NO8P/c1-6-8-10-12-14-16-18-20-22-23-24-25-27-29-31-33-35-37-39-41-48(51)57-46(45-56-58(52,53)55-43-42-49(3,4)5)44-54-47(50)40-38-36-34-32-30-28-26-21-19-17-15-13-11-9-7-2/h9,11,15,17,21,26,30,32,46H,6-8,10,12-14,16,18-20,22-25,27-29,31,33-45H2,1-5H3/b11-9+,17-15+,26-21+,32-30+/t46-/m1/s1. The molecule has 0 aliphatic heterocycles. The van der Waals surface area contributed by atoms with Crippen molar-refractivity contribution >= 4 is 19.8 Å². The molecule has 58 heavy (non-hydrogen) atoms. The summed E-state index contributed by atoms with van der Waals surface area (Å²) in [5, 5.41) is 0. The summed E-state index contributed by atoms with van der Waals surface area (Å²) in [6.45, 7) is 4.08. The molecule has 0 aliphatic rings. The number of hydrogen-bond acceptors (Lipinski definition) is 8. The van der Waals surface area contributed by atoms with E-state index in [4.69, 9.17) is 18.5 Å². The van der Waals surface area contributed by atoms with Crippen LogP contribution in [0.3, 0.4) is 0 Å². The zero-order chi connectivity index (χ0) is 42.8. The van der Waals surface area contributed by atoms with Crippen LogP contribution in [0.1, 0.15) is 194 Å². The quantitative estimate of drug-likeness (QED) is 0.0196. The number of esters is 2. The second-order valence-electron chi connectivity index (χ2n) is 16.7. The highest BCUT2D eigenvalue weighted by atomic mass is 31.2. The van der Waals surface area contributed by atoms with E-state index < -0.39 is 32.5 Å². The molecule has 338 valence electrons. The Morgan fingerprint density at radius 2 is 0.983 bits per heavy atom. The average molecular weight is 838 g/mol. The Morgan fingerprint density at radius 3 is 1.47 bits per heavy atom. The second-order valence-corrected chi connectivity index (χ2v) is 18.2. The molecular weight excluding hydrogens is 750 g/mol. The van der Waals surface area contributed by atoms with Gasteiger partial charge in [0.25, 0.3) is 7.82 Å². The molecule has 0 aromatic carbocycles. The van der Waals surface area contributed by atoms with Crippen LogP contribution < -0.4 is 4.89 Å². The van der Waals surface area contributed by atoms with Crippen molar-refractivity contribution in [2.75, 3.05) is 47.5 Å². The maximum Gasteiger partial charge on any atom is 0.306 e. The van der Waals surface area contributed by atoms with Gasteiger partial charge in [-0.3, -0.25) is 14.2 Å². The minimum absolute atomic E-state index is 0.0377. The number of rotatable bonds is 42. The zero-order valence-electron chi connectivity index (χ0n) is 38.0. The van der Waals surface area contributed by atoms with Gasteiger partial charge in [-0.2, -0.15) is 0 Å². The lowest BCUT2D eigenvalue weighted by Crippen LogP contribution is -2.37. The molecule has 9 nitrogen and oxygen atoms in total. The third-order valence-corrected chi connectivity index (χ3v) is 10.8. The molecule has 0 amide bonds. The number of ether oxygens (including phenoxy) is 2. The van der Waals surface area contributed by atoms with Gasteiger partial charge in [-0.05, 0) is 51.4 Å². The van der Waals surface area contributed by atoms with E-state index in [2.05, 4.69) is 62.5 Å². The molecule has 1 unspecified atom stereocenters. The Labute approximate surface area is 356 Å². The first-order chi connectivity index (χ1) is 28.0. The van der Waals surface area contributed by atoms with Gasteiger partial charge in [-0.25, -0.2) is 0 Å². The first kappa shape index (κ1) is 56.0. The Morgan fingerprint density at radius 1 is 0.552 bits per heavy atom. The van der Waals surface area contributed by atoms with Crippen molar-refractivity contribution < 1.29 is 42.1 Å². The number of hydrogen-bond donors (Lipinski definition) is 0. The molecule has 0 aromatic heterocycles. The minimum Gasteiger partial charge on any atom is -0.756 e. The van der Waals surface area contributed by atoms with E-state index in [0.717, 1.165) is 57.8 Å². The van der Waals surface area contributed by atoms with E-state index in [1.165, 1.54) is 96.3 Å². The number of nitrogens with zero attached hydrogens (tertiary/aromatic N) is 1. The first-order valence-corrected chi connectivity index (χ1v) is 24.8. The van der Waals surface area contributed by atoms with Gasteiger partial charge in [0, 0.05) is 12.8 Å². The number of carbonyl (C=O) groups is 2. The molecule has 0 rings (SSSR count). The molecule has 0 radical (unpaired) electrons. The van der Waals surface area contributed by atoms with Crippen LogP contribution in [0.2, 0.25) is 0 Å². The average Bonchev–Trinajstić information content (AvgIpc) is 3.17. The summed E-state index contributed by atoms with van der Waals surface area (Å²) in [7, 11) is 1.14. The molecule has 0 aromatic rings. The Balaban J connectivity index is 4.34. The second kappa shape index (κ2) is 40.4. The zero-order valence-corrected chi connectivity index (χ0v) is 38.9. The van der Waals surface area contributed by atoms with Gasteiger partial charge in [-0.15, -0.1) is 0 Å². The van der Waals surface area contributed by atoms with Crippen molar-refractivity contribution in [2.24, 2.45) is 0 Å². The summed E-state index contributed by atoms with van der Waals surface area (Å²) < 4.78 is 33.9. The van der Waals surface area contributed by atoms with Crippen molar-refractivity contribution in [1.82, 2.24) is 0 Å². The van der Waals surface area contributed by atoms with E-state index in [-0.39, 0.29) is 26.1 Å². The largest absolute Gasteiger partial charge is 0.756 e. The van der Waals surface area contributed by atoms with Crippen LogP contribution in [0.5, 0.6) is 0 Å². The number of likely N-dealkylation sites (N-methyl/N-ethyl adjacent to an activating group) is 1. The number of unbranched alkanes of at least 4 members (excludes halogenated alkanes) is 20. The van der Waals surface area contributed by atoms with Crippen LogP contribution in [0.4, 0.5) is 0 Å². The first-order valence-electron chi connectivity index (χ1n) is 23.3. The van der Waals surface area contributed by atoms with Gasteiger partial charge in [0.15, 0.2) is 6.10 Å². The normalized spacial score (nSPS) is 14.0. The van der Waals surface area contributed by atoms with Crippen LogP contribution in [0.15, 0.2) is 48.6 Å². The van der Waals surface area contributed by atoms with Crippen LogP contribution >= 0.6 is 7.82 Å². The molecule has 0 bridgehead atoms. The summed E-state index contributed by atoms with van der Waals surface area (Å²) in [6.07, 6.45) is 47.2. The molecule has 2 atom stereocenters. The summed E-state index contributed by atoms with van der Waals surface area (Å²) in [6, 6.07) is 0. The van der Waals surface area contributed by atoms with Gasteiger partial charge < -0.3 is 27.9 Å². The van der Waals surface area contributed by atoms with E-state index in [1.807, 2.05) is 21.1 Å². The van der Waals surface area contributed by atoms with Gasteiger partial charge in [0.2, 0.25) is 0 Å². The lowest BCUT2D eigenvalue weighted by Gasteiger charge is -2.28. The summed E-state index contributed by atoms with van der Waals surface area (Å²) in [5.41, 5.74) is 0. The number of carbonyl (C=O) groups excluding carboxylic acids is 2. The van der Waals surface area contributed by atoms with Crippen LogP contribution in [0, 0.1) is 0 Å². The number of quaternary nitrogens is 1. The molecule has 0 fully saturated rings. The van der Waals surface area contributed by atoms with Crippen LogP contribution in [0.25, 0.3) is 0 Å². The molecule has 0 N–H and O–H groups in total. The van der Waals surface area contributed by atoms with E-state index in [0.29, 0.717) is 23.9 Å². The summed E-state index contributed by atoms with van der Waals surface area (Å²) in [4.78, 5) is 37.6. The highest BCUT2D eigenvalue weighted by Crippen LogP contribution is 2.38. The van der Waals surface area contributed by atoms with Crippen molar-refractivity contribution in [3.05, 3.63) is 48.6 Å². The highest BCUT2D eigenvalue weighted by Gasteiger charge is 2.21. The maximum atomic E-state index is 12.7. The third kappa shape index (κ3) is 43.5. The molecular formula is C48H88NO8P. The number of phosphoric ester groups is 1. The Kier molecular flexibility index (Phi) is 39.0. The van der Waals surface area contributed by atoms with Crippen molar-refractivity contribution in [3.8, 4) is 0 Å². The molecule has 0 saturated carbocycles. The molecule has 0 heterocycles. The summed E-state index contributed by atoms with van der Waals surface area (Å²) >= 11 is 0. The SMILES string of the molecule is CC/C=C/C/C=C/C/C=C/C/C=C/CCCCC(=O)OC[C@H](COP(=O)([O-])OCC[N+](C)(C)C)OC(=O)CCCCCCCCCCCCCCCCCCCCC. The summed E-state index contributed by atoms with van der Waals surface area (Å²) in [5.74, 6) is -0.879. The van der Waals surface area contributed by atoms with Gasteiger partial charge in [-0.1, -0.05) is 178 Å². The number of allylic oxidation sites excluding steroid dienone is 8. The Hall–Kier alpha value is -2.03. The monoisotopic (exact) mass is 838 g/mol. The van der Waals surface area contributed by atoms with Crippen molar-refractivity contribution in [2.45, 2.75) is 200 Å². The Bertz CT molecular complexity index is 1130. The molecule has 10 heteroatoms. The highest BCUT2D eigenvalue weighted by molar-refractivity contribution is 7.45. The van der Waals surface area contributed by atoms with Crippen LogP contribution in [-0.4, -0.2) is 70.0 Å². The topological polar surface area (TPSA) is 111 Å². The fraction of sp³-hybridized carbons (Fsp3) is 0.792. The fourth-order valence-electron chi connectivity index (χ4n) is 6.23. The number of phosphoric acid groups is 1. The smallest absolute Gasteiger partial charge is 0.306 e. The van der Waals surface area contributed by atoms with E-state index >= 15 is 0 Å². The molecule has 0 aliphatic carbocycles. The predicted octanol–water partition coefficient (Wildman–Crippen LogP) is 12.8. The van der Waals surface area contributed by atoms with Gasteiger partial charge in [0.05, 0.1) is 27.7 Å². The molecule has 0 spiro atoms. The fourth-order valence-corrected chi connectivity index (χ4v) is 6.96. The lowest BCUT2D eigenvalue weighted by atomic mass is 10.0. The van der Waals surface area contributed by atoms with Gasteiger partial charge >= 0.3 is 11.9 Å². The van der Waals surface area contributed by atoms with E-state index in [1.54, 1.807) is 0 Å². The maximum absolute atomic E-state index is 12.7. The van der Waals surface area contributed by atoms with Gasteiger partial charge in [0.1, 0.15) is 19.8 Å². The molecule has 0 saturated heterocycles. The lowest BCUT2D eigenvalue weighted by molar-refractivity contribution is -0.870. The van der Waals surface area contributed by atoms with E-state index in [9.17, 15) is 19.0 Å². The van der Waals surface area contributed by atoms with Crippen molar-refractivity contribution in [1.29, 1.82) is 0 Å². The minimum atomic E-state index is -4.63. The predicted molar refractivity (Wildman–Crippen MR) is 240 cm³/mol. The van der Waals surface area contributed by atoms with Crippen molar-refractivity contribution in [3.63, 3.8) is 0 Å².